The van der Waals surface area contributed by atoms with E-state index in [9.17, 15) is 12.8 Å². The minimum atomic E-state index is -3.45. The number of aromatic amines is 1. The second kappa shape index (κ2) is 7.13. The Labute approximate surface area is 166 Å². The van der Waals surface area contributed by atoms with Crippen molar-refractivity contribution in [3.63, 3.8) is 0 Å². The molecule has 2 aromatic heterocycles. The van der Waals surface area contributed by atoms with E-state index in [1.807, 2.05) is 0 Å². The predicted molar refractivity (Wildman–Crippen MR) is 109 cm³/mol. The maximum absolute atomic E-state index is 13.1. The molecule has 0 unspecified atom stereocenters. The van der Waals surface area contributed by atoms with E-state index in [1.54, 1.807) is 37.3 Å². The fourth-order valence-electron chi connectivity index (χ4n) is 2.84. The molecule has 0 bridgehead atoms. The van der Waals surface area contributed by atoms with E-state index in [1.165, 1.54) is 18.2 Å². The predicted octanol–water partition coefficient (Wildman–Crippen LogP) is 3.69. The van der Waals surface area contributed by atoms with Crippen LogP contribution in [0.5, 0.6) is 0 Å². The molecule has 0 aliphatic carbocycles. The van der Waals surface area contributed by atoms with Crippen LogP contribution in [0, 0.1) is 12.7 Å². The topological polar surface area (TPSA) is 113 Å². The SMILES string of the molecule is Cc1nc2c(Nc3ccccc3S(C)(=O)=O)nc(Nc3ccc(F)cc3)nc2[nH]1. The Morgan fingerprint density at radius 3 is 2.41 bits per heavy atom. The smallest absolute Gasteiger partial charge is 0.231 e. The summed E-state index contributed by atoms with van der Waals surface area (Å²) in [4.78, 5) is 16.4. The Hall–Kier alpha value is -3.53. The minimum absolute atomic E-state index is 0.145. The van der Waals surface area contributed by atoms with Crippen LogP contribution in [-0.2, 0) is 9.84 Å². The molecule has 0 saturated heterocycles. The van der Waals surface area contributed by atoms with Crippen molar-refractivity contribution in [1.29, 1.82) is 0 Å². The van der Waals surface area contributed by atoms with Crippen molar-refractivity contribution >= 4 is 44.1 Å². The van der Waals surface area contributed by atoms with E-state index >= 15 is 0 Å². The van der Waals surface area contributed by atoms with E-state index in [-0.39, 0.29) is 16.7 Å². The minimum Gasteiger partial charge on any atom is -0.337 e. The standard InChI is InChI=1S/C19H17FN6O2S/c1-11-21-16-17(22-11)25-19(23-13-9-7-12(20)8-10-13)26-18(16)24-14-5-3-4-6-15(14)29(2,27)28/h3-10H,1-2H3,(H3,21,22,23,24,25,26). The summed E-state index contributed by atoms with van der Waals surface area (Å²) in [7, 11) is -3.45. The third kappa shape index (κ3) is 4.02. The fourth-order valence-corrected chi connectivity index (χ4v) is 3.69. The van der Waals surface area contributed by atoms with Gasteiger partial charge in [0.1, 0.15) is 11.6 Å². The van der Waals surface area contributed by atoms with Gasteiger partial charge in [0.25, 0.3) is 0 Å². The molecule has 10 heteroatoms. The number of para-hydroxylation sites is 1. The van der Waals surface area contributed by atoms with Crippen molar-refractivity contribution in [2.75, 3.05) is 16.9 Å². The summed E-state index contributed by atoms with van der Waals surface area (Å²) in [5.41, 5.74) is 1.92. The molecule has 8 nitrogen and oxygen atoms in total. The van der Waals surface area contributed by atoms with Gasteiger partial charge in [0, 0.05) is 11.9 Å². The van der Waals surface area contributed by atoms with Gasteiger partial charge in [-0.15, -0.1) is 0 Å². The Kier molecular flexibility index (Phi) is 4.63. The van der Waals surface area contributed by atoms with Crippen LogP contribution in [0.3, 0.4) is 0 Å². The van der Waals surface area contributed by atoms with Gasteiger partial charge >= 0.3 is 0 Å². The zero-order valence-corrected chi connectivity index (χ0v) is 16.4. The zero-order chi connectivity index (χ0) is 20.6. The molecule has 0 aliphatic heterocycles. The molecule has 0 aliphatic rings. The first-order chi connectivity index (χ1) is 13.8. The van der Waals surface area contributed by atoms with Crippen LogP contribution in [-0.4, -0.2) is 34.6 Å². The van der Waals surface area contributed by atoms with E-state index in [0.29, 0.717) is 34.2 Å². The van der Waals surface area contributed by atoms with Gasteiger partial charge in [0.05, 0.1) is 10.6 Å². The van der Waals surface area contributed by atoms with Crippen LogP contribution < -0.4 is 10.6 Å². The number of hydrogen-bond acceptors (Lipinski definition) is 7. The van der Waals surface area contributed by atoms with Gasteiger partial charge in [-0.05, 0) is 43.3 Å². The maximum Gasteiger partial charge on any atom is 0.231 e. The molecular weight excluding hydrogens is 395 g/mol. The number of aromatic nitrogens is 4. The van der Waals surface area contributed by atoms with Gasteiger partial charge in [0.2, 0.25) is 5.95 Å². The normalized spacial score (nSPS) is 11.6. The van der Waals surface area contributed by atoms with E-state index in [0.717, 1.165) is 6.26 Å². The molecule has 2 heterocycles. The lowest BCUT2D eigenvalue weighted by atomic mass is 10.3. The number of hydrogen-bond donors (Lipinski definition) is 3. The number of H-pyrrole nitrogens is 1. The Balaban J connectivity index is 1.79. The maximum atomic E-state index is 13.1. The molecule has 0 saturated carbocycles. The third-order valence-corrected chi connectivity index (χ3v) is 5.26. The summed E-state index contributed by atoms with van der Waals surface area (Å²) in [5.74, 6) is 0.857. The number of benzene rings is 2. The zero-order valence-electron chi connectivity index (χ0n) is 15.6. The average Bonchev–Trinajstić information content (AvgIpc) is 3.04. The number of fused-ring (bicyclic) bond motifs is 1. The molecule has 0 radical (unpaired) electrons. The van der Waals surface area contributed by atoms with Crippen molar-refractivity contribution in [2.24, 2.45) is 0 Å². The second-order valence-corrected chi connectivity index (χ2v) is 8.42. The largest absolute Gasteiger partial charge is 0.337 e. The van der Waals surface area contributed by atoms with E-state index < -0.39 is 9.84 Å². The summed E-state index contributed by atoms with van der Waals surface area (Å²) in [6, 6.07) is 12.3. The van der Waals surface area contributed by atoms with Crippen molar-refractivity contribution in [3.05, 3.63) is 60.2 Å². The number of nitrogens with one attached hydrogen (secondary N) is 3. The van der Waals surface area contributed by atoms with Crippen molar-refractivity contribution in [1.82, 2.24) is 19.9 Å². The van der Waals surface area contributed by atoms with Crippen LogP contribution in [0.2, 0.25) is 0 Å². The number of sulfone groups is 1. The summed E-state index contributed by atoms with van der Waals surface area (Å²) in [5, 5.41) is 6.07. The lowest BCUT2D eigenvalue weighted by Gasteiger charge is -2.12. The van der Waals surface area contributed by atoms with Crippen molar-refractivity contribution in [3.8, 4) is 0 Å². The number of anilines is 4. The van der Waals surface area contributed by atoms with Crippen LogP contribution in [0.15, 0.2) is 53.4 Å². The van der Waals surface area contributed by atoms with E-state index in [2.05, 4.69) is 30.6 Å². The molecule has 2 aromatic carbocycles. The average molecular weight is 412 g/mol. The monoisotopic (exact) mass is 412 g/mol. The Morgan fingerprint density at radius 1 is 0.966 bits per heavy atom. The molecule has 148 valence electrons. The first-order valence-electron chi connectivity index (χ1n) is 8.63. The molecular formula is C19H17FN6O2S. The van der Waals surface area contributed by atoms with Crippen molar-refractivity contribution in [2.45, 2.75) is 11.8 Å². The highest BCUT2D eigenvalue weighted by atomic mass is 32.2. The first-order valence-corrected chi connectivity index (χ1v) is 10.5. The lowest BCUT2D eigenvalue weighted by molar-refractivity contribution is 0.602. The number of rotatable bonds is 5. The molecule has 0 fully saturated rings. The summed E-state index contributed by atoms with van der Waals surface area (Å²) in [6.07, 6.45) is 1.14. The third-order valence-electron chi connectivity index (χ3n) is 4.10. The van der Waals surface area contributed by atoms with Gasteiger partial charge in [-0.25, -0.2) is 17.8 Å². The molecule has 3 N–H and O–H groups in total. The van der Waals surface area contributed by atoms with Gasteiger partial charge in [-0.1, -0.05) is 12.1 Å². The number of aryl methyl sites for hydroxylation is 1. The number of nitrogens with zero attached hydrogens (tertiary/aromatic N) is 3. The highest BCUT2D eigenvalue weighted by Crippen LogP contribution is 2.28. The molecule has 0 atom stereocenters. The molecule has 29 heavy (non-hydrogen) atoms. The number of imidazole rings is 1. The summed E-state index contributed by atoms with van der Waals surface area (Å²) >= 11 is 0. The molecule has 4 rings (SSSR count). The lowest BCUT2D eigenvalue weighted by Crippen LogP contribution is -2.06. The summed E-state index contributed by atoms with van der Waals surface area (Å²) < 4.78 is 37.4. The van der Waals surface area contributed by atoms with Gasteiger partial charge in [-0.3, -0.25) is 0 Å². The van der Waals surface area contributed by atoms with E-state index in [4.69, 9.17) is 0 Å². The molecule has 0 spiro atoms. The summed E-state index contributed by atoms with van der Waals surface area (Å²) in [6.45, 7) is 1.78. The van der Waals surface area contributed by atoms with Gasteiger partial charge in [-0.2, -0.15) is 9.97 Å². The van der Waals surface area contributed by atoms with Crippen LogP contribution in [0.25, 0.3) is 11.2 Å². The molecule has 0 amide bonds. The second-order valence-electron chi connectivity index (χ2n) is 6.44. The Morgan fingerprint density at radius 2 is 1.69 bits per heavy atom. The first kappa shape index (κ1) is 18.8. The van der Waals surface area contributed by atoms with Crippen LogP contribution in [0.1, 0.15) is 5.82 Å². The van der Waals surface area contributed by atoms with Crippen LogP contribution in [0.4, 0.5) is 27.5 Å². The Bertz CT molecular complexity index is 1300. The fraction of sp³-hybridized carbons (Fsp3) is 0.105. The number of halogens is 1. The highest BCUT2D eigenvalue weighted by molar-refractivity contribution is 7.90. The van der Waals surface area contributed by atoms with Crippen molar-refractivity contribution < 1.29 is 12.8 Å². The molecule has 4 aromatic rings. The quantitative estimate of drug-likeness (QED) is 0.458. The van der Waals surface area contributed by atoms with Gasteiger partial charge in [0.15, 0.2) is 26.8 Å². The highest BCUT2D eigenvalue weighted by Gasteiger charge is 2.17. The van der Waals surface area contributed by atoms with Gasteiger partial charge < -0.3 is 15.6 Å². The van der Waals surface area contributed by atoms with Crippen LogP contribution >= 0.6 is 0 Å².